The quantitative estimate of drug-likeness (QED) is 0.532. The van der Waals surface area contributed by atoms with E-state index in [1.807, 2.05) is 6.07 Å². The van der Waals surface area contributed by atoms with Gasteiger partial charge in [0.05, 0.1) is 17.0 Å². The highest BCUT2D eigenvalue weighted by Gasteiger charge is 2.42. The summed E-state index contributed by atoms with van der Waals surface area (Å²) in [6.07, 6.45) is 3.30. The van der Waals surface area contributed by atoms with Crippen molar-refractivity contribution in [2.24, 2.45) is 0 Å². The van der Waals surface area contributed by atoms with Gasteiger partial charge < -0.3 is 9.32 Å². The van der Waals surface area contributed by atoms with E-state index in [1.165, 1.54) is 17.0 Å². The molecule has 1 amide bonds. The molecule has 0 unspecified atom stereocenters. The summed E-state index contributed by atoms with van der Waals surface area (Å²) < 4.78 is 19.8. The third-order valence-corrected chi connectivity index (χ3v) is 5.11. The second kappa shape index (κ2) is 6.67. The molecule has 1 aliphatic rings. The fourth-order valence-electron chi connectivity index (χ4n) is 3.84. The summed E-state index contributed by atoms with van der Waals surface area (Å²) in [7, 11) is 0. The maximum atomic E-state index is 14.0. The van der Waals surface area contributed by atoms with Gasteiger partial charge in [-0.15, -0.1) is 0 Å². The summed E-state index contributed by atoms with van der Waals surface area (Å²) in [4.78, 5) is 32.2. The number of amides is 1. The van der Waals surface area contributed by atoms with Gasteiger partial charge in [0.15, 0.2) is 5.43 Å². The number of pyridine rings is 1. The number of hydrogen-bond donors (Lipinski definition) is 0. The van der Waals surface area contributed by atoms with Crippen LogP contribution < -0.4 is 5.43 Å². The van der Waals surface area contributed by atoms with Gasteiger partial charge in [0.1, 0.15) is 11.4 Å². The Bertz CT molecular complexity index is 1300. The molecule has 0 aliphatic carbocycles. The van der Waals surface area contributed by atoms with Crippen LogP contribution in [-0.4, -0.2) is 15.8 Å². The Morgan fingerprint density at radius 2 is 1.90 bits per heavy atom. The molecule has 5 nitrogen and oxygen atoms in total. The lowest BCUT2D eigenvalue weighted by atomic mass is 9.98. The summed E-state index contributed by atoms with van der Waals surface area (Å²) in [6, 6.07) is 15.6. The van der Waals surface area contributed by atoms with Crippen LogP contribution in [0.25, 0.3) is 11.0 Å². The Hall–Kier alpha value is -3.80. The zero-order valence-electron chi connectivity index (χ0n) is 15.2. The number of para-hydroxylation sites is 1. The van der Waals surface area contributed by atoms with Gasteiger partial charge in [-0.05, 0) is 41.5 Å². The van der Waals surface area contributed by atoms with Crippen molar-refractivity contribution in [2.75, 3.05) is 0 Å². The molecule has 1 atom stereocenters. The first-order valence-electron chi connectivity index (χ1n) is 9.14. The monoisotopic (exact) mass is 386 g/mol. The molecule has 2 aromatic heterocycles. The Kier molecular flexibility index (Phi) is 3.98. The number of carbonyl (C=O) groups is 1. The van der Waals surface area contributed by atoms with Crippen molar-refractivity contribution < 1.29 is 13.6 Å². The third kappa shape index (κ3) is 2.81. The molecule has 0 fully saturated rings. The first kappa shape index (κ1) is 17.3. The molecule has 29 heavy (non-hydrogen) atoms. The van der Waals surface area contributed by atoms with Crippen molar-refractivity contribution in [2.45, 2.75) is 12.6 Å². The average molecular weight is 386 g/mol. The summed E-state index contributed by atoms with van der Waals surface area (Å²) >= 11 is 0. The van der Waals surface area contributed by atoms with Gasteiger partial charge in [-0.1, -0.05) is 30.3 Å². The Labute approximate surface area is 165 Å². The van der Waals surface area contributed by atoms with Gasteiger partial charge >= 0.3 is 0 Å². The third-order valence-electron chi connectivity index (χ3n) is 5.11. The minimum absolute atomic E-state index is 0.00634. The molecule has 0 bridgehead atoms. The van der Waals surface area contributed by atoms with Crippen molar-refractivity contribution in [3.8, 4) is 0 Å². The fourth-order valence-corrected chi connectivity index (χ4v) is 3.84. The van der Waals surface area contributed by atoms with Crippen LogP contribution in [-0.2, 0) is 6.54 Å². The van der Waals surface area contributed by atoms with Gasteiger partial charge in [0.2, 0.25) is 5.76 Å². The van der Waals surface area contributed by atoms with E-state index in [2.05, 4.69) is 4.98 Å². The number of halogens is 1. The van der Waals surface area contributed by atoms with Crippen LogP contribution in [0.2, 0.25) is 0 Å². The second-order valence-electron chi connectivity index (χ2n) is 6.92. The maximum absolute atomic E-state index is 14.0. The van der Waals surface area contributed by atoms with E-state index in [4.69, 9.17) is 4.42 Å². The topological polar surface area (TPSA) is 63.4 Å². The fraction of sp³-hybridized carbons (Fsp3) is 0.0870. The molecule has 0 spiro atoms. The average Bonchev–Trinajstić information content (AvgIpc) is 3.01. The molecule has 0 radical (unpaired) electrons. The number of benzene rings is 2. The SMILES string of the molecule is O=C1c2oc3ccccc3c(=O)c2[C@@H](c2cccc(F)c2)N1Cc1cccnc1. The minimum atomic E-state index is -0.741. The zero-order chi connectivity index (χ0) is 20.0. The maximum Gasteiger partial charge on any atom is 0.291 e. The largest absolute Gasteiger partial charge is 0.450 e. The van der Waals surface area contributed by atoms with Crippen LogP contribution in [0.15, 0.2) is 82.3 Å². The normalized spacial score (nSPS) is 15.7. The number of hydrogen-bond acceptors (Lipinski definition) is 4. The minimum Gasteiger partial charge on any atom is -0.450 e. The van der Waals surface area contributed by atoms with Crippen LogP contribution >= 0.6 is 0 Å². The molecule has 4 aromatic rings. The van der Waals surface area contributed by atoms with Crippen LogP contribution in [0.4, 0.5) is 4.39 Å². The summed E-state index contributed by atoms with van der Waals surface area (Å²) in [6.45, 7) is 0.216. The molecule has 6 heteroatoms. The molecule has 5 rings (SSSR count). The van der Waals surface area contributed by atoms with Crippen LogP contribution in [0, 0.1) is 5.82 Å². The second-order valence-corrected chi connectivity index (χ2v) is 6.92. The zero-order valence-corrected chi connectivity index (χ0v) is 15.2. The predicted molar refractivity (Wildman–Crippen MR) is 105 cm³/mol. The molecule has 0 saturated carbocycles. The number of rotatable bonds is 3. The predicted octanol–water partition coefficient (Wildman–Crippen LogP) is 4.07. The number of aromatic nitrogens is 1. The number of nitrogens with zero attached hydrogens (tertiary/aromatic N) is 2. The standard InChI is InChI=1S/C23H15FN2O3/c24-16-7-3-6-15(11-16)20-19-21(27)17-8-1-2-9-18(17)29-22(19)23(28)26(20)13-14-5-4-10-25-12-14/h1-12,20H,13H2/t20-/m1/s1. The Morgan fingerprint density at radius 1 is 1.03 bits per heavy atom. The van der Waals surface area contributed by atoms with E-state index in [-0.39, 0.29) is 23.3 Å². The Balaban J connectivity index is 1.74. The summed E-state index contributed by atoms with van der Waals surface area (Å²) in [5, 5.41) is 0.392. The van der Waals surface area contributed by atoms with Gasteiger partial charge in [0.25, 0.3) is 5.91 Å². The summed E-state index contributed by atoms with van der Waals surface area (Å²) in [5.41, 5.74) is 1.63. The summed E-state index contributed by atoms with van der Waals surface area (Å²) in [5.74, 6) is -0.831. The highest BCUT2D eigenvalue weighted by Crippen LogP contribution is 2.39. The van der Waals surface area contributed by atoms with Crippen LogP contribution in [0.1, 0.15) is 33.3 Å². The van der Waals surface area contributed by atoms with Crippen molar-refractivity contribution in [3.05, 3.63) is 112 Å². The van der Waals surface area contributed by atoms with Crippen molar-refractivity contribution >= 4 is 16.9 Å². The van der Waals surface area contributed by atoms with E-state index in [0.29, 0.717) is 16.5 Å². The van der Waals surface area contributed by atoms with E-state index < -0.39 is 17.8 Å². The smallest absolute Gasteiger partial charge is 0.291 e. The van der Waals surface area contributed by atoms with E-state index >= 15 is 0 Å². The lowest BCUT2D eigenvalue weighted by Gasteiger charge is -2.25. The van der Waals surface area contributed by atoms with Crippen LogP contribution in [0.3, 0.4) is 0 Å². The highest BCUT2D eigenvalue weighted by molar-refractivity contribution is 5.99. The van der Waals surface area contributed by atoms with E-state index in [9.17, 15) is 14.0 Å². The highest BCUT2D eigenvalue weighted by atomic mass is 19.1. The van der Waals surface area contributed by atoms with Gasteiger partial charge in [-0.3, -0.25) is 14.6 Å². The van der Waals surface area contributed by atoms with Crippen LogP contribution in [0.5, 0.6) is 0 Å². The molecule has 1 aliphatic heterocycles. The van der Waals surface area contributed by atoms with Crippen molar-refractivity contribution in [1.82, 2.24) is 9.88 Å². The molecule has 2 aromatic carbocycles. The molecular formula is C23H15FN2O3. The molecular weight excluding hydrogens is 371 g/mol. The Morgan fingerprint density at radius 3 is 2.69 bits per heavy atom. The molecule has 0 saturated heterocycles. The van der Waals surface area contributed by atoms with Gasteiger partial charge in [-0.2, -0.15) is 0 Å². The van der Waals surface area contributed by atoms with Gasteiger partial charge in [0, 0.05) is 18.9 Å². The molecule has 142 valence electrons. The number of fused-ring (bicyclic) bond motifs is 2. The lowest BCUT2D eigenvalue weighted by molar-refractivity contribution is 0.0714. The van der Waals surface area contributed by atoms with E-state index in [0.717, 1.165) is 5.56 Å². The first-order valence-corrected chi connectivity index (χ1v) is 9.14. The van der Waals surface area contributed by atoms with Crippen molar-refractivity contribution in [3.63, 3.8) is 0 Å². The number of carbonyl (C=O) groups excluding carboxylic acids is 1. The van der Waals surface area contributed by atoms with Gasteiger partial charge in [-0.25, -0.2) is 4.39 Å². The first-order chi connectivity index (χ1) is 14.1. The van der Waals surface area contributed by atoms with E-state index in [1.54, 1.807) is 54.9 Å². The molecule has 0 N–H and O–H groups in total. The van der Waals surface area contributed by atoms with Crippen molar-refractivity contribution in [1.29, 1.82) is 0 Å². The molecule has 3 heterocycles. The lowest BCUT2D eigenvalue weighted by Crippen LogP contribution is -2.29.